The minimum absolute atomic E-state index is 0.0487. The van der Waals surface area contributed by atoms with Gasteiger partial charge in [0.2, 0.25) is 0 Å². The number of carbonyl (C=O) groups excluding carboxylic acids is 2. The van der Waals surface area contributed by atoms with Gasteiger partial charge in [0, 0.05) is 19.4 Å². The summed E-state index contributed by atoms with van der Waals surface area (Å²) < 4.78 is 32.9. The lowest BCUT2D eigenvalue weighted by Gasteiger charge is -2.19. The van der Waals surface area contributed by atoms with E-state index >= 15 is 0 Å². The first-order valence-electron chi connectivity index (χ1n) is 27.1. The second kappa shape index (κ2) is 52.6. The van der Waals surface area contributed by atoms with Gasteiger partial charge in [-0.25, -0.2) is 4.57 Å². The van der Waals surface area contributed by atoms with Crippen LogP contribution in [-0.2, 0) is 32.7 Å². The zero-order valence-corrected chi connectivity index (χ0v) is 43.8. The lowest BCUT2D eigenvalue weighted by Crippen LogP contribution is -2.29. The number of allylic oxidation sites excluding steroid dienone is 14. The van der Waals surface area contributed by atoms with Gasteiger partial charge in [0.05, 0.1) is 13.2 Å². The van der Waals surface area contributed by atoms with Gasteiger partial charge in [-0.3, -0.25) is 18.6 Å². The molecular weight excluding hydrogens is 858 g/mol. The fraction of sp³-hybridized carbons (Fsp3) is 0.719. The molecule has 2 unspecified atom stereocenters. The summed E-state index contributed by atoms with van der Waals surface area (Å²) in [6.07, 6.45) is 67.8. The number of phosphoric ester groups is 1. The van der Waals surface area contributed by atoms with Crippen molar-refractivity contribution < 1.29 is 37.6 Å². The first-order chi connectivity index (χ1) is 32.8. The van der Waals surface area contributed by atoms with Crippen molar-refractivity contribution in [2.75, 3.05) is 26.4 Å². The Balaban J connectivity index is 3.96. The molecule has 0 aromatic heterocycles. The molecule has 386 valence electrons. The number of carbonyl (C=O) groups is 2. The van der Waals surface area contributed by atoms with E-state index in [2.05, 4.69) is 98.9 Å². The number of ether oxygens (including phenoxy) is 2. The van der Waals surface area contributed by atoms with Crippen LogP contribution in [0, 0.1) is 0 Å². The topological polar surface area (TPSA) is 134 Å². The molecule has 0 radical (unpaired) electrons. The Kier molecular flexibility index (Phi) is 50.4. The molecule has 0 rings (SSSR count). The van der Waals surface area contributed by atoms with Crippen molar-refractivity contribution in [1.29, 1.82) is 0 Å². The minimum Gasteiger partial charge on any atom is -0.462 e. The molecule has 0 aromatic carbocycles. The van der Waals surface area contributed by atoms with Crippen LogP contribution in [0.15, 0.2) is 85.1 Å². The summed E-state index contributed by atoms with van der Waals surface area (Å²) in [6.45, 7) is 3.59. The van der Waals surface area contributed by atoms with Gasteiger partial charge in [-0.1, -0.05) is 214 Å². The second-order valence-electron chi connectivity index (χ2n) is 17.7. The molecule has 67 heavy (non-hydrogen) atoms. The van der Waals surface area contributed by atoms with E-state index in [1.807, 2.05) is 0 Å². The Morgan fingerprint density at radius 3 is 1.22 bits per heavy atom. The molecule has 0 amide bonds. The number of unbranched alkanes of at least 4 members (excludes halogenated alkanes) is 23. The van der Waals surface area contributed by atoms with Crippen LogP contribution in [0.4, 0.5) is 0 Å². The lowest BCUT2D eigenvalue weighted by molar-refractivity contribution is -0.161. The van der Waals surface area contributed by atoms with Crippen LogP contribution >= 0.6 is 7.82 Å². The molecule has 0 saturated carbocycles. The molecular formula is C57H100NO8P. The fourth-order valence-electron chi connectivity index (χ4n) is 7.28. The summed E-state index contributed by atoms with van der Waals surface area (Å²) in [5.74, 6) is -0.844. The van der Waals surface area contributed by atoms with Crippen molar-refractivity contribution in [3.8, 4) is 0 Å². The first-order valence-corrected chi connectivity index (χ1v) is 28.6. The monoisotopic (exact) mass is 958 g/mol. The number of phosphoric acid groups is 1. The molecule has 9 nitrogen and oxygen atoms in total. The molecule has 0 fully saturated rings. The highest BCUT2D eigenvalue weighted by Gasteiger charge is 2.26. The molecule has 0 aliphatic carbocycles. The average Bonchev–Trinajstić information content (AvgIpc) is 3.32. The summed E-state index contributed by atoms with van der Waals surface area (Å²) in [5, 5.41) is 0. The van der Waals surface area contributed by atoms with E-state index in [4.69, 9.17) is 24.3 Å². The first kappa shape index (κ1) is 64.2. The zero-order valence-electron chi connectivity index (χ0n) is 42.9. The van der Waals surface area contributed by atoms with Crippen LogP contribution < -0.4 is 5.73 Å². The molecule has 0 saturated heterocycles. The van der Waals surface area contributed by atoms with Crippen molar-refractivity contribution >= 4 is 19.8 Å². The largest absolute Gasteiger partial charge is 0.472 e. The summed E-state index contributed by atoms with van der Waals surface area (Å²) in [5.41, 5.74) is 5.37. The Morgan fingerprint density at radius 1 is 0.463 bits per heavy atom. The zero-order chi connectivity index (χ0) is 48.8. The summed E-state index contributed by atoms with van der Waals surface area (Å²) in [4.78, 5) is 35.1. The number of hydrogen-bond acceptors (Lipinski definition) is 8. The predicted octanol–water partition coefficient (Wildman–Crippen LogP) is 16.7. The van der Waals surface area contributed by atoms with E-state index in [-0.39, 0.29) is 32.6 Å². The Hall–Kier alpha value is -2.81. The van der Waals surface area contributed by atoms with E-state index < -0.39 is 32.5 Å². The lowest BCUT2D eigenvalue weighted by atomic mass is 10.0. The third-order valence-corrected chi connectivity index (χ3v) is 12.2. The van der Waals surface area contributed by atoms with Crippen molar-refractivity contribution in [3.05, 3.63) is 85.1 Å². The van der Waals surface area contributed by atoms with Gasteiger partial charge in [-0.2, -0.15) is 0 Å². The maximum atomic E-state index is 12.7. The van der Waals surface area contributed by atoms with E-state index in [1.165, 1.54) is 103 Å². The van der Waals surface area contributed by atoms with Crippen LogP contribution in [0.3, 0.4) is 0 Å². The Morgan fingerprint density at radius 2 is 0.821 bits per heavy atom. The summed E-state index contributed by atoms with van der Waals surface area (Å²) in [6, 6.07) is 0. The van der Waals surface area contributed by atoms with E-state index in [1.54, 1.807) is 0 Å². The van der Waals surface area contributed by atoms with Crippen LogP contribution in [0.1, 0.15) is 232 Å². The fourth-order valence-corrected chi connectivity index (χ4v) is 8.05. The number of rotatable bonds is 50. The van der Waals surface area contributed by atoms with E-state index in [9.17, 15) is 19.0 Å². The third kappa shape index (κ3) is 52.4. The maximum Gasteiger partial charge on any atom is 0.472 e. The van der Waals surface area contributed by atoms with E-state index in [0.29, 0.717) is 12.8 Å². The van der Waals surface area contributed by atoms with Crippen LogP contribution in [-0.4, -0.2) is 49.3 Å². The number of nitrogens with two attached hydrogens (primary N) is 1. The number of esters is 2. The van der Waals surface area contributed by atoms with Gasteiger partial charge in [-0.15, -0.1) is 0 Å². The number of hydrogen-bond donors (Lipinski definition) is 2. The third-order valence-electron chi connectivity index (χ3n) is 11.3. The van der Waals surface area contributed by atoms with Gasteiger partial charge in [0.25, 0.3) is 0 Å². The molecule has 10 heteroatoms. The maximum absolute atomic E-state index is 12.7. The Labute approximate surface area is 411 Å². The van der Waals surface area contributed by atoms with Crippen LogP contribution in [0.2, 0.25) is 0 Å². The van der Waals surface area contributed by atoms with Gasteiger partial charge in [0.1, 0.15) is 6.61 Å². The Bertz CT molecular complexity index is 1370. The van der Waals surface area contributed by atoms with Gasteiger partial charge >= 0.3 is 19.8 Å². The summed E-state index contributed by atoms with van der Waals surface area (Å²) in [7, 11) is -4.39. The molecule has 0 aliphatic heterocycles. The highest BCUT2D eigenvalue weighted by molar-refractivity contribution is 7.47. The van der Waals surface area contributed by atoms with Crippen molar-refractivity contribution in [2.45, 2.75) is 238 Å². The van der Waals surface area contributed by atoms with Crippen LogP contribution in [0.5, 0.6) is 0 Å². The molecule has 0 spiro atoms. The molecule has 0 aliphatic rings. The standard InChI is InChI=1S/C57H100NO8P/c1-3-5-7-9-11-13-15-17-19-20-21-22-23-24-25-26-27-28-29-30-31-32-33-34-36-38-40-42-44-46-48-50-57(60)66-55(54-65-67(61,62)64-52-51-58)53-63-56(59)49-47-45-43-41-39-37-35-18-16-14-12-10-8-6-4-2/h5,7,11-14,17-19,21-22,24-25,35,55H,3-4,6,8-10,15-16,20,23,26-34,36-54,58H2,1-2H3,(H,61,62)/b7-5-,13-11-,14-12-,19-17-,22-21-,25-24-,35-18-. The predicted molar refractivity (Wildman–Crippen MR) is 284 cm³/mol. The molecule has 0 bridgehead atoms. The molecule has 3 N–H and O–H groups in total. The van der Waals surface area contributed by atoms with Crippen molar-refractivity contribution in [2.24, 2.45) is 5.73 Å². The minimum atomic E-state index is -4.39. The quantitative estimate of drug-likeness (QED) is 0.0264. The highest BCUT2D eigenvalue weighted by atomic mass is 31.2. The van der Waals surface area contributed by atoms with Crippen LogP contribution in [0.25, 0.3) is 0 Å². The van der Waals surface area contributed by atoms with Gasteiger partial charge in [-0.05, 0) is 89.9 Å². The average molecular weight is 958 g/mol. The molecule has 0 heterocycles. The van der Waals surface area contributed by atoms with Crippen molar-refractivity contribution in [3.63, 3.8) is 0 Å². The smallest absolute Gasteiger partial charge is 0.462 e. The van der Waals surface area contributed by atoms with Gasteiger partial charge in [0.15, 0.2) is 6.10 Å². The van der Waals surface area contributed by atoms with Crippen molar-refractivity contribution in [1.82, 2.24) is 0 Å². The molecule has 2 atom stereocenters. The second-order valence-corrected chi connectivity index (χ2v) is 19.2. The normalized spacial score (nSPS) is 13.8. The van der Waals surface area contributed by atoms with Gasteiger partial charge < -0.3 is 20.1 Å². The summed E-state index contributed by atoms with van der Waals surface area (Å²) >= 11 is 0. The molecule has 0 aromatic rings. The highest BCUT2D eigenvalue weighted by Crippen LogP contribution is 2.43. The SMILES string of the molecule is CC/C=C\C/C=C\C/C=C\C/C=C\C/C=C\CCCCCCCCCCCCCCCCCC(=O)OC(COC(=O)CCCCCCC/C=C\C/C=C\CCCCC)COP(=O)(O)OCCN. The van der Waals surface area contributed by atoms with E-state index in [0.717, 1.165) is 89.9 Å².